The van der Waals surface area contributed by atoms with Crippen molar-refractivity contribution in [3.8, 4) is 0 Å². The standard InChI is InChI=1S/C6H11NOS.C4H10O2.C3H7NOS.C3H6O.3H2/c1-2-6-7-5(3-8)4-9-6;1-2-4(6)3-5;4-3(1-5)2-6;1-2-3-4;;;/h3,5-7H,2,4H2,1H3;4-6H,2-3H2,1H3;1,3,6H,2,4H2;3H,2H2,1H3;3*1H. The van der Waals surface area contributed by atoms with Crippen molar-refractivity contribution >= 4 is 43.2 Å². The summed E-state index contributed by atoms with van der Waals surface area (Å²) >= 11 is 5.57. The van der Waals surface area contributed by atoms with Gasteiger partial charge in [-0.25, -0.2) is 0 Å². The van der Waals surface area contributed by atoms with Crippen LogP contribution in [-0.4, -0.2) is 70.7 Å². The number of rotatable bonds is 7. The molecule has 1 heterocycles. The van der Waals surface area contributed by atoms with Gasteiger partial charge in [-0.3, -0.25) is 5.32 Å². The van der Waals surface area contributed by atoms with Crippen LogP contribution < -0.4 is 11.1 Å². The molecule has 0 aromatic carbocycles. The van der Waals surface area contributed by atoms with Gasteiger partial charge in [0.25, 0.3) is 0 Å². The molecule has 0 saturated carbocycles. The van der Waals surface area contributed by atoms with E-state index in [2.05, 4.69) is 24.9 Å². The molecule has 0 radical (unpaired) electrons. The second kappa shape index (κ2) is 23.5. The predicted octanol–water partition coefficient (Wildman–Crippen LogP) is 1.15. The lowest BCUT2D eigenvalue weighted by Crippen LogP contribution is -2.30. The molecule has 25 heavy (non-hydrogen) atoms. The van der Waals surface area contributed by atoms with Crippen LogP contribution in [0.4, 0.5) is 0 Å². The largest absolute Gasteiger partial charge is 0.394 e. The first kappa shape index (κ1) is 29.3. The molecule has 1 aliphatic rings. The molecule has 1 fully saturated rings. The van der Waals surface area contributed by atoms with Gasteiger partial charge >= 0.3 is 0 Å². The fourth-order valence-corrected chi connectivity index (χ4v) is 2.25. The Morgan fingerprint density at radius 1 is 1.36 bits per heavy atom. The maximum atomic E-state index is 10.2. The van der Waals surface area contributed by atoms with Crippen molar-refractivity contribution in [2.24, 2.45) is 5.73 Å². The third-order valence-electron chi connectivity index (χ3n) is 2.65. The second-order valence-electron chi connectivity index (χ2n) is 4.94. The molecule has 0 aromatic rings. The summed E-state index contributed by atoms with van der Waals surface area (Å²) in [5, 5.41) is 20.2. The minimum atomic E-state index is -0.509. The molecule has 0 aliphatic carbocycles. The van der Waals surface area contributed by atoms with E-state index in [1.165, 1.54) is 0 Å². The van der Waals surface area contributed by atoms with Crippen molar-refractivity contribution in [2.75, 3.05) is 18.1 Å². The Morgan fingerprint density at radius 2 is 1.92 bits per heavy atom. The van der Waals surface area contributed by atoms with Gasteiger partial charge in [-0.05, 0) is 12.8 Å². The zero-order valence-corrected chi connectivity index (χ0v) is 17.0. The third-order valence-corrected chi connectivity index (χ3v) is 4.49. The fraction of sp³-hybridized carbons (Fsp3) is 0.812. The number of nitrogens with one attached hydrogen (secondary N) is 1. The Morgan fingerprint density at radius 3 is 2.04 bits per heavy atom. The van der Waals surface area contributed by atoms with Gasteiger partial charge in [-0.15, -0.1) is 11.8 Å². The number of thiol groups is 1. The first-order chi connectivity index (χ1) is 11.9. The highest BCUT2D eigenvalue weighted by Crippen LogP contribution is 2.19. The van der Waals surface area contributed by atoms with Crippen molar-refractivity contribution in [1.29, 1.82) is 0 Å². The van der Waals surface area contributed by atoms with Crippen LogP contribution in [0.25, 0.3) is 0 Å². The van der Waals surface area contributed by atoms with Crippen LogP contribution in [0.5, 0.6) is 0 Å². The van der Waals surface area contributed by atoms with Crippen molar-refractivity contribution in [3.63, 3.8) is 0 Å². The molecule has 7 nitrogen and oxygen atoms in total. The lowest BCUT2D eigenvalue weighted by Gasteiger charge is -2.04. The molecule has 9 heteroatoms. The zero-order chi connectivity index (χ0) is 20.1. The van der Waals surface area contributed by atoms with Crippen LogP contribution in [0, 0.1) is 0 Å². The Labute approximate surface area is 165 Å². The Bertz CT molecular complexity index is 322. The van der Waals surface area contributed by atoms with Crippen molar-refractivity contribution < 1.29 is 28.9 Å². The number of thioether (sulfide) groups is 1. The van der Waals surface area contributed by atoms with E-state index in [1.54, 1.807) is 0 Å². The molecule has 0 amide bonds. The first-order valence-corrected chi connectivity index (χ1v) is 9.95. The summed E-state index contributed by atoms with van der Waals surface area (Å²) in [4.78, 5) is 28.9. The molecule has 156 valence electrons. The SMILES string of the molecule is CCC(O)CO.CCC1NC(C=O)CS1.CCC=O.NC(C=O)CS.[HH].[HH].[HH]. The minimum Gasteiger partial charge on any atom is -0.394 e. The van der Waals surface area contributed by atoms with Crippen LogP contribution >= 0.6 is 24.4 Å². The van der Waals surface area contributed by atoms with Crippen LogP contribution in [0.3, 0.4) is 0 Å². The van der Waals surface area contributed by atoms with E-state index in [9.17, 15) is 14.4 Å². The first-order valence-electron chi connectivity index (χ1n) is 8.27. The van der Waals surface area contributed by atoms with Crippen LogP contribution in [-0.2, 0) is 14.4 Å². The third kappa shape index (κ3) is 23.6. The number of carbonyl (C=O) groups excluding carboxylic acids is 3. The summed E-state index contributed by atoms with van der Waals surface area (Å²) in [5.41, 5.74) is 5.03. The molecule has 5 N–H and O–H groups in total. The van der Waals surface area contributed by atoms with Gasteiger partial charge < -0.3 is 30.3 Å². The van der Waals surface area contributed by atoms with E-state index in [0.29, 0.717) is 30.3 Å². The quantitative estimate of drug-likeness (QED) is 0.316. The monoisotopic (exact) mass is 404 g/mol. The summed E-state index contributed by atoms with van der Waals surface area (Å²) in [6.45, 7) is 5.64. The summed E-state index contributed by atoms with van der Waals surface area (Å²) in [6.07, 6.45) is 4.41. The number of aliphatic hydroxyl groups excluding tert-OH is 2. The van der Waals surface area contributed by atoms with Crippen LogP contribution in [0.1, 0.15) is 44.3 Å². The highest BCUT2D eigenvalue weighted by molar-refractivity contribution is 8.00. The smallest absolute Gasteiger partial charge is 0.137 e. The van der Waals surface area contributed by atoms with Gasteiger partial charge in [0.2, 0.25) is 0 Å². The molecule has 4 atom stereocenters. The molecule has 1 saturated heterocycles. The molecule has 1 aliphatic heterocycles. The topological polar surface area (TPSA) is 130 Å². The van der Waals surface area contributed by atoms with E-state index < -0.39 is 6.10 Å². The fourth-order valence-electron chi connectivity index (χ4n) is 1.04. The lowest BCUT2D eigenvalue weighted by atomic mass is 10.3. The molecule has 0 bridgehead atoms. The maximum absolute atomic E-state index is 10.2. The van der Waals surface area contributed by atoms with Crippen molar-refractivity contribution in [2.45, 2.75) is 63.6 Å². The number of hydrogen-bond acceptors (Lipinski definition) is 9. The number of carbonyl (C=O) groups is 3. The van der Waals surface area contributed by atoms with Gasteiger partial charge in [0, 0.05) is 22.2 Å². The van der Waals surface area contributed by atoms with E-state index in [0.717, 1.165) is 24.7 Å². The number of aliphatic hydroxyl groups is 2. The summed E-state index contributed by atoms with van der Waals surface area (Å²) < 4.78 is 0. The van der Waals surface area contributed by atoms with Gasteiger partial charge in [0.15, 0.2) is 0 Å². The van der Waals surface area contributed by atoms with Gasteiger partial charge in [-0.2, -0.15) is 12.6 Å². The molecule has 1 rings (SSSR count). The molecule has 4 unspecified atom stereocenters. The summed E-state index contributed by atoms with van der Waals surface area (Å²) in [7, 11) is 0. The average molecular weight is 405 g/mol. The van der Waals surface area contributed by atoms with Gasteiger partial charge in [0.05, 0.1) is 30.2 Å². The van der Waals surface area contributed by atoms with Crippen LogP contribution in [0.15, 0.2) is 0 Å². The molecular weight excluding hydrogens is 364 g/mol. The Kier molecular flexibility index (Phi) is 27.6. The Hall–Kier alpha value is -0.450. The highest BCUT2D eigenvalue weighted by Gasteiger charge is 2.21. The molecular formula is C16H40N2O5S2. The van der Waals surface area contributed by atoms with E-state index in [4.69, 9.17) is 15.9 Å². The number of hydrogen-bond donors (Lipinski definition) is 5. The van der Waals surface area contributed by atoms with Crippen molar-refractivity contribution in [1.82, 2.24) is 5.32 Å². The highest BCUT2D eigenvalue weighted by atomic mass is 32.2. The normalized spacial score (nSPS) is 20.3. The molecule has 0 aromatic heterocycles. The Balaban J connectivity index is -0.0000000579. The van der Waals surface area contributed by atoms with Gasteiger partial charge in [0.1, 0.15) is 18.9 Å². The average Bonchev–Trinajstić information content (AvgIpc) is 3.16. The van der Waals surface area contributed by atoms with Gasteiger partial charge in [-0.1, -0.05) is 20.8 Å². The van der Waals surface area contributed by atoms with Crippen LogP contribution in [0.2, 0.25) is 0 Å². The minimum absolute atomic E-state index is 0. The van der Waals surface area contributed by atoms with Crippen molar-refractivity contribution in [3.05, 3.63) is 0 Å². The maximum Gasteiger partial charge on any atom is 0.137 e. The summed E-state index contributed by atoms with van der Waals surface area (Å²) in [6, 6.07) is -0.270. The number of nitrogens with two attached hydrogens (primary N) is 1. The van der Waals surface area contributed by atoms with E-state index >= 15 is 0 Å². The van der Waals surface area contributed by atoms with E-state index in [1.807, 2.05) is 25.6 Å². The predicted molar refractivity (Wildman–Crippen MR) is 113 cm³/mol. The van der Waals surface area contributed by atoms with E-state index in [-0.39, 0.29) is 23.0 Å². The molecule has 0 spiro atoms. The zero-order valence-electron chi connectivity index (χ0n) is 15.3. The lowest BCUT2D eigenvalue weighted by molar-refractivity contribution is -0.109. The number of aldehydes is 3. The summed E-state index contributed by atoms with van der Waals surface area (Å²) in [5.74, 6) is 1.38. The second-order valence-corrected chi connectivity index (χ2v) is 6.54.